The van der Waals surface area contributed by atoms with E-state index in [1.807, 2.05) is 0 Å². The number of carbonyl (C=O) groups excluding carboxylic acids is 1. The zero-order valence-corrected chi connectivity index (χ0v) is 22.2. The minimum atomic E-state index is -3.97. The van der Waals surface area contributed by atoms with E-state index in [0.29, 0.717) is 59.6 Å². The lowest BCUT2D eigenvalue weighted by Crippen LogP contribution is -2.36. The van der Waals surface area contributed by atoms with Gasteiger partial charge >= 0.3 is 6.01 Å². The Bertz CT molecular complexity index is 1630. The zero-order valence-electron chi connectivity index (χ0n) is 20.6. The minimum absolute atomic E-state index is 0.00192. The van der Waals surface area contributed by atoms with Crippen LogP contribution in [0.5, 0.6) is 6.01 Å². The van der Waals surface area contributed by atoms with Crippen LogP contribution in [0.2, 0.25) is 0 Å². The van der Waals surface area contributed by atoms with Gasteiger partial charge in [-0.25, -0.2) is 33.8 Å². The number of amides is 1. The van der Waals surface area contributed by atoms with Gasteiger partial charge < -0.3 is 14.4 Å². The lowest BCUT2D eigenvalue weighted by molar-refractivity contribution is -0.124. The van der Waals surface area contributed by atoms with Crippen LogP contribution in [0.3, 0.4) is 0 Å². The van der Waals surface area contributed by atoms with Gasteiger partial charge in [0.25, 0.3) is 15.9 Å². The fourth-order valence-corrected chi connectivity index (χ4v) is 6.16. The monoisotopic (exact) mass is 569 g/mol. The summed E-state index contributed by atoms with van der Waals surface area (Å²) in [5.74, 6) is 0.327. The third-order valence-corrected chi connectivity index (χ3v) is 8.20. The Morgan fingerprint density at radius 2 is 1.95 bits per heavy atom. The average molecular weight is 570 g/mol. The molecule has 39 heavy (non-hydrogen) atoms. The molecule has 5 rings (SSSR count). The van der Waals surface area contributed by atoms with Crippen molar-refractivity contribution >= 4 is 54.4 Å². The highest BCUT2D eigenvalue weighted by molar-refractivity contribution is 7.93. The van der Waals surface area contributed by atoms with Crippen molar-refractivity contribution in [2.45, 2.75) is 4.90 Å². The van der Waals surface area contributed by atoms with Gasteiger partial charge in [-0.15, -0.1) is 11.3 Å². The number of thiophene rings is 1. The normalized spacial score (nSPS) is 14.1. The van der Waals surface area contributed by atoms with Gasteiger partial charge in [0.15, 0.2) is 11.6 Å². The van der Waals surface area contributed by atoms with E-state index in [0.717, 1.165) is 10.8 Å². The van der Waals surface area contributed by atoms with Crippen molar-refractivity contribution in [1.82, 2.24) is 25.4 Å². The number of fused-ring (bicyclic) bond motifs is 1. The molecule has 1 saturated heterocycles. The van der Waals surface area contributed by atoms with E-state index in [2.05, 4.69) is 24.6 Å². The molecule has 0 atom stereocenters. The van der Waals surface area contributed by atoms with Crippen molar-refractivity contribution in [2.75, 3.05) is 43.0 Å². The van der Waals surface area contributed by atoms with E-state index in [1.165, 1.54) is 42.1 Å². The molecule has 0 radical (unpaired) electrons. The second-order valence-electron chi connectivity index (χ2n) is 8.24. The Hall–Kier alpha value is -4.18. The van der Waals surface area contributed by atoms with E-state index in [4.69, 9.17) is 19.7 Å². The Morgan fingerprint density at radius 1 is 1.18 bits per heavy atom. The molecular formula is C24H23N7O6S2. The molecule has 1 fully saturated rings. The average Bonchev–Trinajstić information content (AvgIpc) is 3.37. The summed E-state index contributed by atoms with van der Waals surface area (Å²) in [6.45, 7) is 2.33. The van der Waals surface area contributed by atoms with Gasteiger partial charge in [0, 0.05) is 31.6 Å². The molecule has 0 saturated carbocycles. The highest BCUT2D eigenvalue weighted by Crippen LogP contribution is 2.37. The maximum atomic E-state index is 13.2. The molecule has 4 aromatic rings. The molecule has 3 N–H and O–H groups in total. The van der Waals surface area contributed by atoms with Crippen molar-refractivity contribution in [3.63, 3.8) is 0 Å². The number of nitrogens with zero attached hydrogens (tertiary/aromatic N) is 5. The van der Waals surface area contributed by atoms with Gasteiger partial charge in [-0.3, -0.25) is 14.7 Å². The van der Waals surface area contributed by atoms with Gasteiger partial charge in [-0.2, -0.15) is 0 Å². The number of benzene rings is 1. The minimum Gasteiger partial charge on any atom is -0.467 e. The Labute approximate surface area is 227 Å². The molecule has 3 aromatic heterocycles. The van der Waals surface area contributed by atoms with Crippen LogP contribution in [-0.2, 0) is 19.6 Å². The molecule has 0 unspecified atom stereocenters. The number of sulfonamides is 1. The van der Waals surface area contributed by atoms with Crippen molar-refractivity contribution in [2.24, 2.45) is 0 Å². The van der Waals surface area contributed by atoms with Gasteiger partial charge in [0.2, 0.25) is 0 Å². The second-order valence-corrected chi connectivity index (χ2v) is 11.0. The van der Waals surface area contributed by atoms with Crippen LogP contribution in [0.4, 0.5) is 10.8 Å². The topological polar surface area (TPSA) is 169 Å². The number of nitrogens with one attached hydrogen (secondary N) is 2. The molecule has 4 heterocycles. The standard InChI is InChI=1S/C24H23N7O6S2/c1-36-24-25-13-16(14-26-24)22-27-18-12-20(38-21(18)23(28-22)31-7-9-37-10-8-31)30-39(34,35)17-4-2-3-15(11-17)5-6-19(32)29-33/h2-6,11-14,30,33H,7-10H2,1H3,(H,29,32)/b6-5+. The number of ether oxygens (including phenoxy) is 2. The van der Waals surface area contributed by atoms with Crippen LogP contribution in [0.15, 0.2) is 53.7 Å². The summed E-state index contributed by atoms with van der Waals surface area (Å²) in [6.07, 6.45) is 5.61. The maximum Gasteiger partial charge on any atom is 0.316 e. The van der Waals surface area contributed by atoms with Crippen molar-refractivity contribution < 1.29 is 27.9 Å². The first-order valence-corrected chi connectivity index (χ1v) is 13.9. The molecule has 15 heteroatoms. The van der Waals surface area contributed by atoms with Crippen LogP contribution in [0.1, 0.15) is 5.56 Å². The largest absolute Gasteiger partial charge is 0.467 e. The van der Waals surface area contributed by atoms with Gasteiger partial charge in [0.05, 0.1) is 41.0 Å². The number of anilines is 2. The van der Waals surface area contributed by atoms with Crippen LogP contribution in [0.25, 0.3) is 27.7 Å². The molecular weight excluding hydrogens is 546 g/mol. The zero-order chi connectivity index (χ0) is 27.4. The quantitative estimate of drug-likeness (QED) is 0.162. The number of methoxy groups -OCH3 is 1. The highest BCUT2D eigenvalue weighted by Gasteiger charge is 2.22. The van der Waals surface area contributed by atoms with E-state index >= 15 is 0 Å². The van der Waals surface area contributed by atoms with Crippen molar-refractivity contribution in [3.05, 3.63) is 54.4 Å². The lowest BCUT2D eigenvalue weighted by atomic mass is 10.2. The summed E-state index contributed by atoms with van der Waals surface area (Å²) in [5, 5.41) is 9.00. The third-order valence-electron chi connectivity index (χ3n) is 5.67. The molecule has 0 bridgehead atoms. The number of aromatic nitrogens is 4. The van der Waals surface area contributed by atoms with Gasteiger partial charge in [-0.05, 0) is 29.8 Å². The molecule has 0 spiro atoms. The van der Waals surface area contributed by atoms with E-state index in [9.17, 15) is 13.2 Å². The first-order valence-electron chi connectivity index (χ1n) is 11.6. The Balaban J connectivity index is 1.50. The SMILES string of the molecule is COc1ncc(-c2nc(N3CCOCC3)c3sc(NS(=O)(=O)c4cccc(/C=C/C(=O)NO)c4)cc3n2)cn1. The predicted octanol–water partition coefficient (Wildman–Crippen LogP) is 2.31. The molecule has 1 aliphatic heterocycles. The molecule has 13 nitrogen and oxygen atoms in total. The Kier molecular flexibility index (Phi) is 7.65. The van der Waals surface area contributed by atoms with Crippen LogP contribution in [-0.4, -0.2) is 72.9 Å². The van der Waals surface area contributed by atoms with E-state index < -0.39 is 15.9 Å². The van der Waals surface area contributed by atoms with Crippen LogP contribution in [0, 0.1) is 0 Å². The summed E-state index contributed by atoms with van der Waals surface area (Å²) in [6, 6.07) is 7.93. The van der Waals surface area contributed by atoms with Crippen LogP contribution >= 0.6 is 11.3 Å². The number of morpholine rings is 1. The Morgan fingerprint density at radius 3 is 2.67 bits per heavy atom. The number of hydrogen-bond donors (Lipinski definition) is 3. The highest BCUT2D eigenvalue weighted by atomic mass is 32.2. The molecule has 202 valence electrons. The van der Waals surface area contributed by atoms with Gasteiger partial charge in [-0.1, -0.05) is 12.1 Å². The lowest BCUT2D eigenvalue weighted by Gasteiger charge is -2.28. The summed E-state index contributed by atoms with van der Waals surface area (Å²) < 4.78 is 40.3. The molecule has 1 aromatic carbocycles. The smallest absolute Gasteiger partial charge is 0.316 e. The maximum absolute atomic E-state index is 13.2. The van der Waals surface area contributed by atoms with Gasteiger partial charge in [0.1, 0.15) is 5.00 Å². The first-order chi connectivity index (χ1) is 18.9. The van der Waals surface area contributed by atoms with Crippen molar-refractivity contribution in [3.8, 4) is 17.4 Å². The van der Waals surface area contributed by atoms with Crippen LogP contribution < -0.4 is 19.8 Å². The summed E-state index contributed by atoms with van der Waals surface area (Å²) in [4.78, 5) is 31.1. The summed E-state index contributed by atoms with van der Waals surface area (Å²) in [5.41, 5.74) is 3.09. The third kappa shape index (κ3) is 5.96. The fraction of sp³-hybridized carbons (Fsp3) is 0.208. The molecule has 0 aliphatic carbocycles. The van der Waals surface area contributed by atoms with Crippen molar-refractivity contribution in [1.29, 1.82) is 0 Å². The fourth-order valence-electron chi connectivity index (χ4n) is 3.81. The number of hydroxylamine groups is 1. The van der Waals surface area contributed by atoms with E-state index in [1.54, 1.807) is 30.6 Å². The summed E-state index contributed by atoms with van der Waals surface area (Å²) in [7, 11) is -2.50. The number of rotatable bonds is 8. The molecule has 1 aliphatic rings. The second kappa shape index (κ2) is 11.3. The van der Waals surface area contributed by atoms with E-state index in [-0.39, 0.29) is 10.9 Å². The number of carbonyl (C=O) groups is 1. The predicted molar refractivity (Wildman–Crippen MR) is 144 cm³/mol. The first kappa shape index (κ1) is 26.4. The number of hydrogen-bond acceptors (Lipinski definition) is 12. The molecule has 1 amide bonds. The summed E-state index contributed by atoms with van der Waals surface area (Å²) >= 11 is 1.23.